The zero-order valence-corrected chi connectivity index (χ0v) is 10.4. The van der Waals surface area contributed by atoms with Crippen LogP contribution in [0.5, 0.6) is 0 Å². The molecule has 2 aromatic heterocycles. The molecule has 7 nitrogen and oxygen atoms in total. The Morgan fingerprint density at radius 2 is 2.37 bits per heavy atom. The second kappa shape index (κ2) is 3.74. The van der Waals surface area contributed by atoms with E-state index in [4.69, 9.17) is 4.74 Å². The fourth-order valence-corrected chi connectivity index (χ4v) is 2.78. The lowest BCUT2D eigenvalue weighted by Crippen LogP contribution is -2.30. The number of hydrogen-bond acceptors (Lipinski definition) is 5. The minimum Gasteiger partial charge on any atom is -0.354 e. The number of fused-ring (bicyclic) bond motifs is 1. The maximum atomic E-state index is 12.1. The quantitative estimate of drug-likeness (QED) is 0.779. The van der Waals surface area contributed by atoms with Crippen LogP contribution in [-0.2, 0) is 4.74 Å². The summed E-state index contributed by atoms with van der Waals surface area (Å²) in [6.45, 7) is 2.13. The van der Waals surface area contributed by atoms with Crippen LogP contribution in [-0.4, -0.2) is 30.4 Å². The van der Waals surface area contributed by atoms with Crippen molar-refractivity contribution in [2.45, 2.75) is 25.7 Å². The summed E-state index contributed by atoms with van der Waals surface area (Å²) in [6.07, 6.45) is 5.91. The van der Waals surface area contributed by atoms with E-state index in [0.29, 0.717) is 23.8 Å². The lowest BCUT2D eigenvalue weighted by atomic mass is 10.1. The largest absolute Gasteiger partial charge is 0.354 e. The molecule has 4 rings (SSSR count). The highest BCUT2D eigenvalue weighted by Gasteiger charge is 2.53. The van der Waals surface area contributed by atoms with Gasteiger partial charge in [0.2, 0.25) is 0 Å². The zero-order chi connectivity index (χ0) is 13.0. The van der Waals surface area contributed by atoms with E-state index in [-0.39, 0.29) is 11.9 Å². The van der Waals surface area contributed by atoms with Gasteiger partial charge in [0, 0.05) is 12.1 Å². The fourth-order valence-electron chi connectivity index (χ4n) is 2.78. The van der Waals surface area contributed by atoms with Crippen LogP contribution in [0.4, 0.5) is 0 Å². The lowest BCUT2D eigenvalue weighted by Gasteiger charge is -2.20. The Morgan fingerprint density at radius 1 is 1.47 bits per heavy atom. The SMILES string of the molecule is CC1C2CC2OC1n1ccc(-n2cncn2)nc1=O. The summed E-state index contributed by atoms with van der Waals surface area (Å²) >= 11 is 0. The highest BCUT2D eigenvalue weighted by molar-refractivity contribution is 5.16. The second-order valence-electron chi connectivity index (χ2n) is 5.14. The van der Waals surface area contributed by atoms with Crippen molar-refractivity contribution >= 4 is 0 Å². The fraction of sp³-hybridized carbons (Fsp3) is 0.500. The van der Waals surface area contributed by atoms with Crippen molar-refractivity contribution in [1.29, 1.82) is 0 Å². The van der Waals surface area contributed by atoms with Crippen LogP contribution >= 0.6 is 0 Å². The van der Waals surface area contributed by atoms with E-state index in [9.17, 15) is 4.79 Å². The predicted molar refractivity (Wildman–Crippen MR) is 64.6 cm³/mol. The average molecular weight is 259 g/mol. The summed E-state index contributed by atoms with van der Waals surface area (Å²) in [7, 11) is 0. The molecule has 1 aliphatic heterocycles. The smallest absolute Gasteiger partial charge is 0.351 e. The van der Waals surface area contributed by atoms with E-state index in [1.807, 2.05) is 0 Å². The summed E-state index contributed by atoms with van der Waals surface area (Å²) in [5.41, 5.74) is -0.314. The summed E-state index contributed by atoms with van der Waals surface area (Å²) in [4.78, 5) is 20.0. The van der Waals surface area contributed by atoms with E-state index in [2.05, 4.69) is 22.0 Å². The minimum atomic E-state index is -0.314. The summed E-state index contributed by atoms with van der Waals surface area (Å²) in [5.74, 6) is 1.43. The van der Waals surface area contributed by atoms with E-state index >= 15 is 0 Å². The van der Waals surface area contributed by atoms with Crippen molar-refractivity contribution in [2.75, 3.05) is 0 Å². The Morgan fingerprint density at radius 3 is 3.00 bits per heavy atom. The topological polar surface area (TPSA) is 74.8 Å². The second-order valence-corrected chi connectivity index (χ2v) is 5.14. The van der Waals surface area contributed by atoms with Crippen molar-refractivity contribution in [3.8, 4) is 5.82 Å². The van der Waals surface area contributed by atoms with Crippen LogP contribution in [0.1, 0.15) is 19.6 Å². The molecule has 4 unspecified atom stereocenters. The molecule has 2 aromatic rings. The van der Waals surface area contributed by atoms with Gasteiger partial charge >= 0.3 is 5.69 Å². The van der Waals surface area contributed by atoms with Crippen LogP contribution in [0, 0.1) is 11.8 Å². The Kier molecular flexibility index (Phi) is 2.14. The molecule has 7 heteroatoms. The van der Waals surface area contributed by atoms with Gasteiger partial charge in [0.1, 0.15) is 18.9 Å². The monoisotopic (exact) mass is 259 g/mol. The number of ether oxygens (including phenoxy) is 1. The molecular weight excluding hydrogens is 246 g/mol. The van der Waals surface area contributed by atoms with Crippen LogP contribution < -0.4 is 5.69 Å². The van der Waals surface area contributed by atoms with Crippen LogP contribution in [0.3, 0.4) is 0 Å². The van der Waals surface area contributed by atoms with Gasteiger partial charge in [-0.1, -0.05) is 6.92 Å². The van der Waals surface area contributed by atoms with Gasteiger partial charge in [0.15, 0.2) is 5.82 Å². The van der Waals surface area contributed by atoms with Crippen molar-refractivity contribution in [2.24, 2.45) is 11.8 Å². The molecule has 0 N–H and O–H groups in total. The van der Waals surface area contributed by atoms with Gasteiger partial charge < -0.3 is 4.74 Å². The number of hydrogen-bond donors (Lipinski definition) is 0. The molecule has 0 bridgehead atoms. The Hall–Kier alpha value is -2.02. The molecule has 0 radical (unpaired) electrons. The van der Waals surface area contributed by atoms with Gasteiger partial charge in [-0.3, -0.25) is 4.57 Å². The normalized spacial score (nSPS) is 32.3. The molecule has 3 heterocycles. The third kappa shape index (κ3) is 1.61. The van der Waals surface area contributed by atoms with Gasteiger partial charge in [-0.2, -0.15) is 10.1 Å². The Labute approximate surface area is 108 Å². The van der Waals surface area contributed by atoms with E-state index in [1.54, 1.807) is 16.8 Å². The molecular formula is C12H13N5O2. The Balaban J connectivity index is 1.69. The molecule has 1 saturated heterocycles. The molecule has 2 aliphatic rings. The minimum absolute atomic E-state index is 0.187. The third-order valence-corrected chi connectivity index (χ3v) is 3.96. The number of rotatable bonds is 2. The third-order valence-electron chi connectivity index (χ3n) is 3.96. The van der Waals surface area contributed by atoms with Gasteiger partial charge in [-0.05, 0) is 18.4 Å². The summed E-state index contributed by atoms with van der Waals surface area (Å²) in [5, 5.41) is 3.95. The molecule has 1 aliphatic carbocycles. The van der Waals surface area contributed by atoms with Crippen molar-refractivity contribution in [1.82, 2.24) is 24.3 Å². The van der Waals surface area contributed by atoms with Gasteiger partial charge in [-0.15, -0.1) is 0 Å². The van der Waals surface area contributed by atoms with Gasteiger partial charge in [0.05, 0.1) is 6.10 Å². The molecule has 1 saturated carbocycles. The maximum absolute atomic E-state index is 12.1. The van der Waals surface area contributed by atoms with Crippen molar-refractivity contribution in [3.05, 3.63) is 35.4 Å². The van der Waals surface area contributed by atoms with Gasteiger partial charge in [0.25, 0.3) is 0 Å². The first-order valence-corrected chi connectivity index (χ1v) is 6.34. The standard InChI is InChI=1S/C12H13N5O2/c1-7-8-4-9(8)19-11(7)16-3-2-10(15-12(16)18)17-6-13-5-14-17/h2-3,5-9,11H,4H2,1H3. The highest BCUT2D eigenvalue weighted by atomic mass is 16.5. The van der Waals surface area contributed by atoms with Crippen LogP contribution in [0.25, 0.3) is 5.82 Å². The molecule has 98 valence electrons. The zero-order valence-electron chi connectivity index (χ0n) is 10.4. The molecule has 0 spiro atoms. The summed E-state index contributed by atoms with van der Waals surface area (Å²) < 4.78 is 8.86. The molecule has 0 aromatic carbocycles. The number of aromatic nitrogens is 5. The van der Waals surface area contributed by atoms with E-state index in [0.717, 1.165) is 6.42 Å². The van der Waals surface area contributed by atoms with E-state index in [1.165, 1.54) is 17.3 Å². The first kappa shape index (κ1) is 10.9. The number of nitrogens with zero attached hydrogens (tertiary/aromatic N) is 5. The molecule has 0 amide bonds. The van der Waals surface area contributed by atoms with E-state index < -0.39 is 0 Å². The highest BCUT2D eigenvalue weighted by Crippen LogP contribution is 2.53. The van der Waals surface area contributed by atoms with Crippen LogP contribution in [0.2, 0.25) is 0 Å². The summed E-state index contributed by atoms with van der Waals surface area (Å²) in [6, 6.07) is 1.75. The van der Waals surface area contributed by atoms with Crippen LogP contribution in [0.15, 0.2) is 29.7 Å². The predicted octanol–water partition coefficient (Wildman–Crippen LogP) is 0.377. The Bertz CT molecular complexity index is 665. The van der Waals surface area contributed by atoms with Crippen molar-refractivity contribution in [3.63, 3.8) is 0 Å². The average Bonchev–Trinajstić information content (AvgIpc) is 2.84. The molecule has 4 atom stereocenters. The first-order chi connectivity index (χ1) is 9.24. The van der Waals surface area contributed by atoms with Gasteiger partial charge in [-0.25, -0.2) is 14.5 Å². The lowest BCUT2D eigenvalue weighted by molar-refractivity contribution is -0.00323. The molecule has 2 fully saturated rings. The molecule has 19 heavy (non-hydrogen) atoms. The maximum Gasteiger partial charge on any atom is 0.351 e. The first-order valence-electron chi connectivity index (χ1n) is 6.34. The van der Waals surface area contributed by atoms with Crippen molar-refractivity contribution < 1.29 is 4.74 Å².